The van der Waals surface area contributed by atoms with E-state index >= 15 is 0 Å². The zero-order valence-corrected chi connectivity index (χ0v) is 38.7. The second-order valence-electron chi connectivity index (χ2n) is 17.4. The van der Waals surface area contributed by atoms with Gasteiger partial charge in [-0.15, -0.1) is 0 Å². The molecule has 4 aliphatic carbocycles. The minimum absolute atomic E-state index is 0.435. The van der Waals surface area contributed by atoms with E-state index in [0.29, 0.717) is 23.7 Å². The van der Waals surface area contributed by atoms with Gasteiger partial charge in [-0.3, -0.25) is 0 Å². The van der Waals surface area contributed by atoms with Gasteiger partial charge in [0.25, 0.3) is 0 Å². The van der Waals surface area contributed by atoms with Gasteiger partial charge in [0.2, 0.25) is 0 Å². The van der Waals surface area contributed by atoms with E-state index in [4.69, 9.17) is 23.7 Å². The lowest BCUT2D eigenvalue weighted by Gasteiger charge is -2.37. The van der Waals surface area contributed by atoms with Crippen LogP contribution in [0.25, 0.3) is 0 Å². The molecular weight excluding hydrogens is 829 g/mol. The van der Waals surface area contributed by atoms with E-state index < -0.39 is 47.0 Å². The first-order valence-corrected chi connectivity index (χ1v) is 22.1. The van der Waals surface area contributed by atoms with E-state index in [-0.39, 0.29) is 0 Å². The van der Waals surface area contributed by atoms with Gasteiger partial charge < -0.3 is 37.9 Å². The molecule has 4 aromatic carbocycles. The maximum absolute atomic E-state index is 11.6. The molecular formula is C53H64O12. The minimum Gasteiger partial charge on any atom is -0.438 e. The van der Waals surface area contributed by atoms with Gasteiger partial charge in [-0.05, 0) is 112 Å². The predicted molar refractivity (Wildman–Crippen MR) is 245 cm³/mol. The summed E-state index contributed by atoms with van der Waals surface area (Å²) < 4.78 is 40.0. The third-order valence-corrected chi connectivity index (χ3v) is 13.2. The van der Waals surface area contributed by atoms with Crippen LogP contribution in [0.15, 0.2) is 134 Å². The van der Waals surface area contributed by atoms with Crippen LogP contribution in [0.1, 0.15) is 94.4 Å². The molecule has 4 aliphatic rings. The molecule has 0 heterocycles. The molecule has 8 rings (SSSR count). The molecule has 4 aromatic rings. The largest absolute Gasteiger partial charge is 0.509 e. The van der Waals surface area contributed by atoms with Crippen LogP contribution < -0.4 is 0 Å². The molecule has 0 aromatic heterocycles. The van der Waals surface area contributed by atoms with Gasteiger partial charge in [0.05, 0.1) is 28.4 Å². The zero-order valence-electron chi connectivity index (χ0n) is 38.7. The van der Waals surface area contributed by atoms with Crippen molar-refractivity contribution in [2.24, 2.45) is 23.7 Å². The number of rotatable bonds is 9. The number of fused-ring (bicyclic) bond motifs is 4. The molecule has 12 heteroatoms. The van der Waals surface area contributed by atoms with Crippen molar-refractivity contribution in [2.75, 3.05) is 28.4 Å². The Morgan fingerprint density at radius 2 is 0.938 bits per heavy atom. The molecule has 0 amide bonds. The fourth-order valence-corrected chi connectivity index (χ4v) is 9.82. The Bertz CT molecular complexity index is 2110. The van der Waals surface area contributed by atoms with Crippen molar-refractivity contribution in [3.8, 4) is 0 Å². The average molecular weight is 893 g/mol. The Hall–Kier alpha value is -6.30. The molecule has 0 aliphatic heterocycles. The van der Waals surface area contributed by atoms with Crippen LogP contribution in [0.5, 0.6) is 0 Å². The molecule has 4 saturated carbocycles. The van der Waals surface area contributed by atoms with Crippen LogP contribution in [0.4, 0.5) is 19.2 Å². The highest BCUT2D eigenvalue weighted by molar-refractivity contribution is 5.62. The summed E-state index contributed by atoms with van der Waals surface area (Å²) in [4.78, 5) is 45.2. The second kappa shape index (κ2) is 22.5. The Morgan fingerprint density at radius 1 is 0.523 bits per heavy atom. The number of hydrogen-bond donors (Lipinski definition) is 0. The molecule has 6 atom stereocenters. The number of hydrogen-bond acceptors (Lipinski definition) is 12. The van der Waals surface area contributed by atoms with Gasteiger partial charge in [0.1, 0.15) is 16.8 Å². The smallest absolute Gasteiger partial charge is 0.438 e. The first-order valence-electron chi connectivity index (χ1n) is 22.1. The molecule has 0 N–H and O–H groups in total. The molecule has 0 spiro atoms. The van der Waals surface area contributed by atoms with Gasteiger partial charge in [0.15, 0.2) is 5.60 Å². The lowest BCUT2D eigenvalue weighted by molar-refractivity contribution is -0.0649. The Balaban J connectivity index is 0.000000164. The van der Waals surface area contributed by atoms with Crippen molar-refractivity contribution in [1.82, 2.24) is 0 Å². The average Bonchev–Trinajstić information content (AvgIpc) is 4.16. The predicted octanol–water partition coefficient (Wildman–Crippen LogP) is 12.4. The SMILES string of the molecule is C=CC1(OC(=O)OC)CC2CCC1C2.COC(=O)OC(C)(C)c1ccccc1.COC(=O)OC(C)(c1ccccc1)c1ccccc1.COC(=O)OC1(c2ccccc2)CC2CCC1C2. The molecule has 4 fully saturated rings. The van der Waals surface area contributed by atoms with Crippen molar-refractivity contribution in [1.29, 1.82) is 0 Å². The summed E-state index contributed by atoms with van der Waals surface area (Å²) in [6.45, 7) is 9.28. The van der Waals surface area contributed by atoms with E-state index in [0.717, 1.165) is 47.9 Å². The maximum atomic E-state index is 11.6. The second-order valence-corrected chi connectivity index (χ2v) is 17.4. The van der Waals surface area contributed by atoms with E-state index in [1.807, 2.05) is 130 Å². The van der Waals surface area contributed by atoms with Gasteiger partial charge in [-0.25, -0.2) is 19.2 Å². The molecule has 6 unspecified atom stereocenters. The van der Waals surface area contributed by atoms with Crippen molar-refractivity contribution >= 4 is 24.6 Å². The minimum atomic E-state index is -0.865. The van der Waals surface area contributed by atoms with Crippen LogP contribution >= 0.6 is 0 Å². The molecule has 0 saturated heterocycles. The number of methoxy groups -OCH3 is 4. The first-order chi connectivity index (χ1) is 31.2. The normalized spacial score (nSPS) is 23.2. The standard InChI is InChI=1S/C16H16O3.C15H18O3.C11H16O3.C11H14O3/c1-16(19-15(17)18-2,13-9-5-3-6-10-13)14-11-7-4-8-12-14;1-17-14(16)18-15(12-5-3-2-4-6-12)10-11-7-8-13(15)9-11;1-3-11(14-10(12)13-2)7-8-4-5-9(11)6-8;1-11(2,14-10(12)13-3)9-7-5-4-6-8-9/h3-12H,1-2H3;2-6,11,13H,7-10H2,1H3;3,8-9H,1,4-7H2,2H3;4-8H,1-3H3. The molecule has 12 nitrogen and oxygen atoms in total. The summed E-state index contributed by atoms with van der Waals surface area (Å²) in [6, 6.07) is 38.9. The Labute approximate surface area is 383 Å². The highest BCUT2D eigenvalue weighted by Gasteiger charge is 2.55. The van der Waals surface area contributed by atoms with Crippen LogP contribution in [-0.2, 0) is 54.7 Å². The molecule has 348 valence electrons. The van der Waals surface area contributed by atoms with Crippen molar-refractivity contribution in [3.05, 3.63) is 156 Å². The number of benzene rings is 4. The third-order valence-electron chi connectivity index (χ3n) is 13.2. The lowest BCUT2D eigenvalue weighted by Crippen LogP contribution is -2.38. The van der Waals surface area contributed by atoms with E-state index in [1.165, 1.54) is 54.1 Å². The van der Waals surface area contributed by atoms with Crippen LogP contribution in [0.2, 0.25) is 0 Å². The highest BCUT2D eigenvalue weighted by Crippen LogP contribution is 2.58. The van der Waals surface area contributed by atoms with Crippen LogP contribution in [0, 0.1) is 23.7 Å². The van der Waals surface area contributed by atoms with Crippen LogP contribution in [0.3, 0.4) is 0 Å². The summed E-state index contributed by atoms with van der Waals surface area (Å²) in [6.07, 6.45) is 8.31. The number of carbonyl (C=O) groups is 4. The van der Waals surface area contributed by atoms with Gasteiger partial charge in [0, 0.05) is 11.8 Å². The molecule has 0 radical (unpaired) electrons. The highest BCUT2D eigenvalue weighted by atomic mass is 16.7. The summed E-state index contributed by atoms with van der Waals surface area (Å²) in [5, 5.41) is 0. The quantitative estimate of drug-likeness (QED) is 0.0896. The Morgan fingerprint density at radius 3 is 1.34 bits per heavy atom. The molecule has 65 heavy (non-hydrogen) atoms. The summed E-state index contributed by atoms with van der Waals surface area (Å²) in [5.41, 5.74) is 1.43. The Kier molecular flexibility index (Phi) is 17.2. The maximum Gasteiger partial charge on any atom is 0.509 e. The fourth-order valence-electron chi connectivity index (χ4n) is 9.82. The van der Waals surface area contributed by atoms with Crippen molar-refractivity contribution < 1.29 is 57.1 Å². The third kappa shape index (κ3) is 12.3. The summed E-state index contributed by atoms with van der Waals surface area (Å²) >= 11 is 0. The lowest BCUT2D eigenvalue weighted by atomic mass is 9.78. The van der Waals surface area contributed by atoms with E-state index in [9.17, 15) is 19.2 Å². The van der Waals surface area contributed by atoms with Crippen molar-refractivity contribution in [3.63, 3.8) is 0 Å². The van der Waals surface area contributed by atoms with Gasteiger partial charge >= 0.3 is 24.6 Å². The van der Waals surface area contributed by atoms with Gasteiger partial charge in [-0.1, -0.05) is 128 Å². The van der Waals surface area contributed by atoms with E-state index in [1.54, 1.807) is 6.08 Å². The topological polar surface area (TPSA) is 142 Å². The fraction of sp³-hybridized carbons (Fsp3) is 0.434. The summed E-state index contributed by atoms with van der Waals surface area (Å²) in [7, 11) is 5.31. The summed E-state index contributed by atoms with van der Waals surface area (Å²) in [5.74, 6) is 2.32. The van der Waals surface area contributed by atoms with Crippen LogP contribution in [-0.4, -0.2) is 58.7 Å². The molecule has 4 bridgehead atoms. The number of ether oxygens (including phenoxy) is 8. The zero-order chi connectivity index (χ0) is 47.1. The monoisotopic (exact) mass is 892 g/mol. The number of carbonyl (C=O) groups excluding carboxylic acids is 4. The van der Waals surface area contributed by atoms with Crippen molar-refractivity contribution in [2.45, 2.75) is 94.5 Å². The first kappa shape index (κ1) is 49.7. The van der Waals surface area contributed by atoms with E-state index in [2.05, 4.69) is 32.9 Å². The van der Waals surface area contributed by atoms with Gasteiger partial charge in [-0.2, -0.15) is 0 Å².